The maximum atomic E-state index is 12.4. The third kappa shape index (κ3) is 4.91. The maximum Gasteiger partial charge on any atom is 0.341 e. The molecular formula is C20H21NO6. The molecule has 0 saturated heterocycles. The molecule has 0 bridgehead atoms. The Morgan fingerprint density at radius 1 is 1.07 bits per heavy atom. The highest BCUT2D eigenvalue weighted by atomic mass is 16.6. The first kappa shape index (κ1) is 18.6. The second-order valence-electron chi connectivity index (χ2n) is 6.18. The summed E-state index contributed by atoms with van der Waals surface area (Å²) < 4.78 is 16.6. The molecule has 0 unspecified atom stereocenters. The highest BCUT2D eigenvalue weighted by Gasteiger charge is 2.33. The van der Waals surface area contributed by atoms with Gasteiger partial charge in [-0.1, -0.05) is 24.3 Å². The van der Waals surface area contributed by atoms with Crippen molar-refractivity contribution >= 4 is 11.9 Å². The maximum absolute atomic E-state index is 12.4. The van der Waals surface area contributed by atoms with Crippen LogP contribution in [0.15, 0.2) is 48.5 Å². The topological polar surface area (TPSA) is 94.1 Å². The summed E-state index contributed by atoms with van der Waals surface area (Å²) in [4.78, 5) is 22.9. The summed E-state index contributed by atoms with van der Waals surface area (Å²) in [6.45, 7) is 1.87. The molecule has 1 aliphatic heterocycles. The second-order valence-corrected chi connectivity index (χ2v) is 6.18. The first-order chi connectivity index (χ1) is 13.0. The summed E-state index contributed by atoms with van der Waals surface area (Å²) in [5, 5.41) is 11.5. The van der Waals surface area contributed by atoms with Gasteiger partial charge < -0.3 is 24.6 Å². The van der Waals surface area contributed by atoms with Crippen molar-refractivity contribution in [3.63, 3.8) is 0 Å². The molecule has 1 aliphatic rings. The Morgan fingerprint density at radius 3 is 2.41 bits per heavy atom. The van der Waals surface area contributed by atoms with Gasteiger partial charge in [-0.05, 0) is 43.2 Å². The summed E-state index contributed by atoms with van der Waals surface area (Å²) in [7, 11) is 0. The van der Waals surface area contributed by atoms with Crippen molar-refractivity contribution in [1.29, 1.82) is 0 Å². The van der Waals surface area contributed by atoms with E-state index in [2.05, 4.69) is 5.32 Å². The number of aliphatic carboxylic acids is 1. The Hall–Kier alpha value is -3.22. The molecule has 1 heterocycles. The van der Waals surface area contributed by atoms with Gasteiger partial charge in [0.2, 0.25) is 6.10 Å². The van der Waals surface area contributed by atoms with Crippen LogP contribution in [0.2, 0.25) is 0 Å². The Bertz CT molecular complexity index is 804. The first-order valence-electron chi connectivity index (χ1n) is 8.66. The van der Waals surface area contributed by atoms with Gasteiger partial charge in [0.05, 0.1) is 0 Å². The van der Waals surface area contributed by atoms with E-state index in [-0.39, 0.29) is 18.6 Å². The number of rotatable bonds is 7. The molecule has 2 atom stereocenters. The second kappa shape index (κ2) is 8.44. The van der Waals surface area contributed by atoms with Crippen molar-refractivity contribution in [2.24, 2.45) is 0 Å². The fraction of sp³-hybridized carbons (Fsp3) is 0.300. The number of amides is 1. The van der Waals surface area contributed by atoms with E-state index in [4.69, 9.17) is 19.3 Å². The van der Waals surface area contributed by atoms with Gasteiger partial charge in [0.1, 0.15) is 11.9 Å². The van der Waals surface area contributed by atoms with E-state index in [1.165, 1.54) is 0 Å². The van der Waals surface area contributed by atoms with Gasteiger partial charge in [0.25, 0.3) is 5.91 Å². The average molecular weight is 371 g/mol. The highest BCUT2D eigenvalue weighted by molar-refractivity contribution is 5.82. The van der Waals surface area contributed by atoms with Gasteiger partial charge in [0, 0.05) is 6.54 Å². The van der Waals surface area contributed by atoms with E-state index >= 15 is 0 Å². The Kier molecular flexibility index (Phi) is 5.80. The third-order valence-corrected chi connectivity index (χ3v) is 4.10. The average Bonchev–Trinajstić information content (AvgIpc) is 2.66. The fourth-order valence-electron chi connectivity index (χ4n) is 2.73. The molecule has 2 aromatic carbocycles. The predicted molar refractivity (Wildman–Crippen MR) is 97.2 cm³/mol. The molecule has 27 heavy (non-hydrogen) atoms. The number of fused-ring (bicyclic) bond motifs is 1. The molecule has 2 aromatic rings. The number of carbonyl (C=O) groups is 2. The van der Waals surface area contributed by atoms with Crippen molar-refractivity contribution in [3.05, 3.63) is 54.1 Å². The minimum absolute atomic E-state index is 0.224. The van der Waals surface area contributed by atoms with Gasteiger partial charge in [-0.25, -0.2) is 4.79 Å². The molecule has 0 radical (unpaired) electrons. The molecule has 0 saturated carbocycles. The monoisotopic (exact) mass is 371 g/mol. The number of benzene rings is 2. The van der Waals surface area contributed by atoms with Crippen LogP contribution in [0, 0.1) is 0 Å². The van der Waals surface area contributed by atoms with E-state index in [9.17, 15) is 9.59 Å². The lowest BCUT2D eigenvalue weighted by molar-refractivity contribution is -0.139. The molecule has 0 fully saturated rings. The molecule has 0 spiro atoms. The number of nitrogens with one attached hydrogen (secondary N) is 1. The van der Waals surface area contributed by atoms with Gasteiger partial charge in [-0.2, -0.15) is 0 Å². The molecule has 2 N–H and O–H groups in total. The standard InChI is InChI=1S/C20H21NO6/c1-13-19(27-17-5-3-2-4-16(17)26-13)20(24)21-11-10-14-6-8-15(9-7-14)25-12-18(22)23/h2-9,13,19H,10-12H2,1H3,(H,21,24)(H,22,23)/t13-,19-/m1/s1. The van der Waals surface area contributed by atoms with Crippen molar-refractivity contribution < 1.29 is 28.9 Å². The number of para-hydroxylation sites is 2. The molecular weight excluding hydrogens is 350 g/mol. The first-order valence-corrected chi connectivity index (χ1v) is 8.66. The predicted octanol–water partition coefficient (Wildman–Crippen LogP) is 2.04. The summed E-state index contributed by atoms with van der Waals surface area (Å²) in [5.41, 5.74) is 0.997. The zero-order valence-corrected chi connectivity index (χ0v) is 14.9. The quantitative estimate of drug-likeness (QED) is 0.774. The third-order valence-electron chi connectivity index (χ3n) is 4.10. The molecule has 3 rings (SSSR count). The van der Waals surface area contributed by atoms with Gasteiger partial charge in [-0.15, -0.1) is 0 Å². The number of ether oxygens (including phenoxy) is 3. The van der Waals surface area contributed by atoms with Crippen molar-refractivity contribution in [1.82, 2.24) is 5.32 Å². The molecule has 7 heteroatoms. The van der Waals surface area contributed by atoms with E-state index in [1.807, 2.05) is 30.3 Å². The van der Waals surface area contributed by atoms with E-state index in [0.29, 0.717) is 30.2 Å². The van der Waals surface area contributed by atoms with Gasteiger partial charge in [-0.3, -0.25) is 4.79 Å². The summed E-state index contributed by atoms with van der Waals surface area (Å²) in [5.74, 6) is 0.448. The lowest BCUT2D eigenvalue weighted by Crippen LogP contribution is -2.49. The van der Waals surface area contributed by atoms with Crippen LogP contribution in [-0.2, 0) is 16.0 Å². The SMILES string of the molecule is C[C@H]1Oc2ccccc2O[C@H]1C(=O)NCCc1ccc(OCC(=O)O)cc1. The highest BCUT2D eigenvalue weighted by Crippen LogP contribution is 2.33. The van der Waals surface area contributed by atoms with Crippen LogP contribution >= 0.6 is 0 Å². The number of carboxylic acids is 1. The lowest BCUT2D eigenvalue weighted by atomic mass is 10.1. The lowest BCUT2D eigenvalue weighted by Gasteiger charge is -2.31. The van der Waals surface area contributed by atoms with E-state index < -0.39 is 12.1 Å². The van der Waals surface area contributed by atoms with E-state index in [0.717, 1.165) is 5.56 Å². The number of carboxylic acid groups (broad SMARTS) is 1. The Morgan fingerprint density at radius 2 is 1.74 bits per heavy atom. The van der Waals surface area contributed by atoms with Crippen LogP contribution in [0.1, 0.15) is 12.5 Å². The van der Waals surface area contributed by atoms with Crippen LogP contribution < -0.4 is 19.5 Å². The van der Waals surface area contributed by atoms with Gasteiger partial charge in [0.15, 0.2) is 18.1 Å². The zero-order chi connectivity index (χ0) is 19.2. The smallest absolute Gasteiger partial charge is 0.341 e. The minimum Gasteiger partial charge on any atom is -0.482 e. The molecule has 142 valence electrons. The van der Waals surface area contributed by atoms with Gasteiger partial charge >= 0.3 is 5.97 Å². The molecule has 0 aliphatic carbocycles. The van der Waals surface area contributed by atoms with Crippen LogP contribution in [0.3, 0.4) is 0 Å². The fourth-order valence-corrected chi connectivity index (χ4v) is 2.73. The normalized spacial score (nSPS) is 17.8. The van der Waals surface area contributed by atoms with Crippen LogP contribution in [-0.4, -0.2) is 42.3 Å². The van der Waals surface area contributed by atoms with E-state index in [1.54, 1.807) is 25.1 Å². The number of carbonyl (C=O) groups excluding carboxylic acids is 1. The van der Waals surface area contributed by atoms with Crippen molar-refractivity contribution in [2.45, 2.75) is 25.6 Å². The van der Waals surface area contributed by atoms with Crippen molar-refractivity contribution in [2.75, 3.05) is 13.2 Å². The van der Waals surface area contributed by atoms with Crippen molar-refractivity contribution in [3.8, 4) is 17.2 Å². The Balaban J connectivity index is 1.47. The largest absolute Gasteiger partial charge is 0.482 e. The molecule has 1 amide bonds. The summed E-state index contributed by atoms with van der Waals surface area (Å²) in [6.07, 6.45) is -0.457. The minimum atomic E-state index is -1.02. The Labute approximate surface area is 156 Å². The zero-order valence-electron chi connectivity index (χ0n) is 14.9. The van der Waals surface area contributed by atoms with Crippen LogP contribution in [0.5, 0.6) is 17.2 Å². The number of hydrogen-bond acceptors (Lipinski definition) is 5. The molecule has 7 nitrogen and oxygen atoms in total. The molecule has 0 aromatic heterocycles. The number of hydrogen-bond donors (Lipinski definition) is 2. The summed E-state index contributed by atoms with van der Waals surface area (Å²) in [6, 6.07) is 14.3. The van der Waals surface area contributed by atoms with Crippen LogP contribution in [0.4, 0.5) is 0 Å². The van der Waals surface area contributed by atoms with Crippen LogP contribution in [0.25, 0.3) is 0 Å². The summed E-state index contributed by atoms with van der Waals surface area (Å²) >= 11 is 0.